The Morgan fingerprint density at radius 2 is 0.434 bits per heavy atom. The lowest BCUT2D eigenvalue weighted by Gasteiger charge is -2.18. The number of ether oxygens (including phenoxy) is 3. The number of hydrogen-bond acceptors (Lipinski definition) is 6. The minimum atomic E-state index is -0.812. The molecule has 0 saturated heterocycles. The van der Waals surface area contributed by atoms with Crippen molar-refractivity contribution in [1.29, 1.82) is 0 Å². The van der Waals surface area contributed by atoms with Gasteiger partial charge in [-0.1, -0.05) is 281 Å². The highest BCUT2D eigenvalue weighted by Crippen LogP contribution is 2.15. The van der Waals surface area contributed by atoms with Gasteiger partial charge >= 0.3 is 17.9 Å². The van der Waals surface area contributed by atoms with E-state index in [4.69, 9.17) is 14.2 Å². The van der Waals surface area contributed by atoms with E-state index in [1.165, 1.54) is 83.5 Å². The van der Waals surface area contributed by atoms with E-state index in [2.05, 4.69) is 191 Å². The SMILES string of the molecule is CC/C=C\C/C=C\C/C=C\C/C=C\C/C=C\C/C=C\CCCCCCCCCCC(=O)OCC(COC(=O)CCCC/C=C\C/C=C\C/C=C\C/C=C\CC)OC(=O)CCCCCCCCCCCC/C=C\C/C=C\C/C=C\C/C=C\CC. The molecule has 1 unspecified atom stereocenters. The Bertz CT molecular complexity index is 1890. The van der Waals surface area contributed by atoms with Crippen LogP contribution in [-0.2, 0) is 28.6 Å². The van der Waals surface area contributed by atoms with Crippen LogP contribution < -0.4 is 0 Å². The van der Waals surface area contributed by atoms with Crippen molar-refractivity contribution >= 4 is 17.9 Å². The van der Waals surface area contributed by atoms with Crippen LogP contribution in [0.1, 0.15) is 278 Å². The highest BCUT2D eigenvalue weighted by Gasteiger charge is 2.19. The van der Waals surface area contributed by atoms with E-state index in [1.54, 1.807) is 0 Å². The summed E-state index contributed by atoms with van der Waals surface area (Å²) in [6.07, 6.45) is 102. The lowest BCUT2D eigenvalue weighted by Crippen LogP contribution is -2.30. The predicted octanol–water partition coefficient (Wildman–Crippen LogP) is 23.4. The van der Waals surface area contributed by atoms with Crippen LogP contribution in [0.25, 0.3) is 0 Å². The molecule has 0 N–H and O–H groups in total. The van der Waals surface area contributed by atoms with Crippen molar-refractivity contribution in [2.45, 2.75) is 284 Å². The first-order chi connectivity index (χ1) is 41.0. The van der Waals surface area contributed by atoms with Crippen molar-refractivity contribution in [3.05, 3.63) is 170 Å². The number of rotatable bonds is 59. The molecular weight excluding hydrogens is 1020 g/mol. The molecule has 0 heterocycles. The lowest BCUT2D eigenvalue weighted by atomic mass is 10.0. The quantitative estimate of drug-likeness (QED) is 0.0261. The summed E-state index contributed by atoms with van der Waals surface area (Å²) in [5.74, 6) is -0.960. The third kappa shape index (κ3) is 67.4. The van der Waals surface area contributed by atoms with Crippen LogP contribution in [0.3, 0.4) is 0 Å². The van der Waals surface area contributed by atoms with Gasteiger partial charge in [0, 0.05) is 19.3 Å². The van der Waals surface area contributed by atoms with E-state index >= 15 is 0 Å². The van der Waals surface area contributed by atoms with Gasteiger partial charge in [0.05, 0.1) is 0 Å². The maximum absolute atomic E-state index is 13.0. The zero-order chi connectivity index (χ0) is 59.9. The highest BCUT2D eigenvalue weighted by molar-refractivity contribution is 5.71. The third-order valence-corrected chi connectivity index (χ3v) is 13.7. The molecule has 0 spiro atoms. The summed E-state index contributed by atoms with van der Waals surface area (Å²) in [7, 11) is 0. The van der Waals surface area contributed by atoms with Gasteiger partial charge in [-0.3, -0.25) is 14.4 Å². The summed E-state index contributed by atoms with van der Waals surface area (Å²) < 4.78 is 16.9. The zero-order valence-corrected chi connectivity index (χ0v) is 53.4. The minimum absolute atomic E-state index is 0.104. The molecule has 0 amide bonds. The monoisotopic (exact) mass is 1140 g/mol. The molecule has 0 aromatic heterocycles. The van der Waals surface area contributed by atoms with Crippen LogP contribution in [0.5, 0.6) is 0 Å². The molecule has 6 heteroatoms. The molecule has 6 nitrogen and oxygen atoms in total. The average molecular weight is 1140 g/mol. The van der Waals surface area contributed by atoms with E-state index in [0.717, 1.165) is 148 Å². The van der Waals surface area contributed by atoms with Gasteiger partial charge in [-0.25, -0.2) is 0 Å². The molecule has 0 bridgehead atoms. The number of carbonyl (C=O) groups excluding carboxylic acids is 3. The highest BCUT2D eigenvalue weighted by atomic mass is 16.6. The molecule has 83 heavy (non-hydrogen) atoms. The van der Waals surface area contributed by atoms with Gasteiger partial charge in [-0.2, -0.15) is 0 Å². The van der Waals surface area contributed by atoms with Crippen molar-refractivity contribution in [3.8, 4) is 0 Å². The molecule has 0 aliphatic heterocycles. The second kappa shape index (κ2) is 69.3. The maximum atomic E-state index is 13.0. The van der Waals surface area contributed by atoms with Crippen LogP contribution in [0.4, 0.5) is 0 Å². The smallest absolute Gasteiger partial charge is 0.306 e. The number of esters is 3. The Morgan fingerprint density at radius 3 is 0.699 bits per heavy atom. The van der Waals surface area contributed by atoms with E-state index < -0.39 is 6.10 Å². The lowest BCUT2D eigenvalue weighted by molar-refractivity contribution is -0.167. The Morgan fingerprint density at radius 1 is 0.241 bits per heavy atom. The van der Waals surface area contributed by atoms with E-state index in [1.807, 2.05) is 0 Å². The number of carbonyl (C=O) groups is 3. The fourth-order valence-electron chi connectivity index (χ4n) is 8.78. The largest absolute Gasteiger partial charge is 0.462 e. The molecule has 0 rings (SSSR count). The van der Waals surface area contributed by atoms with Crippen molar-refractivity contribution in [3.63, 3.8) is 0 Å². The molecule has 0 aromatic carbocycles. The average Bonchev–Trinajstić information content (AvgIpc) is 3.49. The van der Waals surface area contributed by atoms with Crippen molar-refractivity contribution < 1.29 is 28.6 Å². The van der Waals surface area contributed by atoms with Crippen molar-refractivity contribution in [2.75, 3.05) is 13.2 Å². The predicted molar refractivity (Wildman–Crippen MR) is 361 cm³/mol. The second-order valence-corrected chi connectivity index (χ2v) is 21.6. The Kier molecular flexibility index (Phi) is 64.9. The fraction of sp³-hybridized carbons (Fsp3) is 0.597. The molecule has 0 aliphatic rings. The zero-order valence-electron chi connectivity index (χ0n) is 53.4. The van der Waals surface area contributed by atoms with Crippen molar-refractivity contribution in [2.24, 2.45) is 0 Å². The first kappa shape index (κ1) is 77.8. The minimum Gasteiger partial charge on any atom is -0.462 e. The third-order valence-electron chi connectivity index (χ3n) is 13.7. The Hall–Kier alpha value is -5.23. The normalized spacial score (nSPS) is 13.2. The number of allylic oxidation sites excluding steroid dienone is 28. The molecule has 0 fully saturated rings. The van der Waals surface area contributed by atoms with Gasteiger partial charge in [0.25, 0.3) is 0 Å². The standard InChI is InChI=1S/C77H122O6/c1-4-7-10-13-16-19-22-25-28-30-32-34-36-37-38-39-41-42-44-46-49-52-55-58-61-64-67-70-76(79)82-73-74(72-81-75(78)69-66-63-60-57-54-51-48-27-24-21-18-15-12-9-6-3)83-77(80)71-68-65-62-59-56-53-50-47-45-43-40-35-33-31-29-26-23-20-17-14-11-8-5-2/h7-12,16-21,25-29,32-35,37-38,41-42,48,54,57,74H,4-6,13-15,22-24,30-31,36,39-40,43-47,49-53,55-56,58-73H2,1-3H3/b10-7-,11-8-,12-9-,19-16-,20-17-,21-18-,28-25-,29-26-,34-32-,35-33-,38-37-,42-41-,48-27-,57-54-. The summed E-state index contributed by atoms with van der Waals surface area (Å²) in [4.78, 5) is 38.4. The Balaban J connectivity index is 4.43. The molecule has 0 saturated carbocycles. The van der Waals surface area contributed by atoms with Crippen LogP contribution in [-0.4, -0.2) is 37.2 Å². The van der Waals surface area contributed by atoms with Gasteiger partial charge in [0.15, 0.2) is 6.10 Å². The summed E-state index contributed by atoms with van der Waals surface area (Å²) in [5, 5.41) is 0. The first-order valence-electron chi connectivity index (χ1n) is 33.6. The van der Waals surface area contributed by atoms with Crippen LogP contribution >= 0.6 is 0 Å². The van der Waals surface area contributed by atoms with Crippen molar-refractivity contribution in [1.82, 2.24) is 0 Å². The topological polar surface area (TPSA) is 78.9 Å². The van der Waals surface area contributed by atoms with Gasteiger partial charge in [0.1, 0.15) is 13.2 Å². The molecule has 0 aromatic rings. The number of unbranched alkanes of at least 4 members (excludes halogenated alkanes) is 20. The van der Waals surface area contributed by atoms with E-state index in [-0.39, 0.29) is 31.1 Å². The summed E-state index contributed by atoms with van der Waals surface area (Å²) >= 11 is 0. The molecular formula is C77H122O6. The van der Waals surface area contributed by atoms with Gasteiger partial charge in [-0.15, -0.1) is 0 Å². The summed E-state index contributed by atoms with van der Waals surface area (Å²) in [5.41, 5.74) is 0. The first-order valence-corrected chi connectivity index (χ1v) is 33.6. The Labute approximate surface area is 511 Å². The van der Waals surface area contributed by atoms with Crippen LogP contribution in [0.2, 0.25) is 0 Å². The number of hydrogen-bond donors (Lipinski definition) is 0. The molecule has 0 radical (unpaired) electrons. The van der Waals surface area contributed by atoms with Crippen LogP contribution in [0.15, 0.2) is 170 Å². The van der Waals surface area contributed by atoms with E-state index in [0.29, 0.717) is 25.7 Å². The molecule has 1 atom stereocenters. The van der Waals surface area contributed by atoms with Crippen LogP contribution in [0, 0.1) is 0 Å². The molecule has 0 aliphatic carbocycles. The maximum Gasteiger partial charge on any atom is 0.306 e. The van der Waals surface area contributed by atoms with E-state index in [9.17, 15) is 14.4 Å². The summed E-state index contributed by atoms with van der Waals surface area (Å²) in [6.45, 7) is 6.26. The molecule has 466 valence electrons. The van der Waals surface area contributed by atoms with Gasteiger partial charge in [0.2, 0.25) is 0 Å². The summed E-state index contributed by atoms with van der Waals surface area (Å²) in [6, 6.07) is 0. The van der Waals surface area contributed by atoms with Gasteiger partial charge < -0.3 is 14.2 Å². The van der Waals surface area contributed by atoms with Gasteiger partial charge in [-0.05, 0) is 148 Å². The fourth-order valence-corrected chi connectivity index (χ4v) is 8.78. The second-order valence-electron chi connectivity index (χ2n) is 21.6.